The molecule has 2 heteroatoms. The van der Waals surface area contributed by atoms with E-state index in [1.807, 2.05) is 12.1 Å². The Bertz CT molecular complexity index is 405. The lowest BCUT2D eigenvalue weighted by molar-refractivity contribution is 0.679. The van der Waals surface area contributed by atoms with Crippen LogP contribution in [0.25, 0.3) is 12.2 Å². The Morgan fingerprint density at radius 3 is 2.93 bits per heavy atom. The molecule has 1 aromatic heterocycles. The van der Waals surface area contributed by atoms with E-state index in [1.165, 1.54) is 0 Å². The second-order valence-electron chi connectivity index (χ2n) is 3.61. The molecule has 0 fully saturated rings. The molecule has 0 saturated carbocycles. The van der Waals surface area contributed by atoms with Gasteiger partial charge in [0.05, 0.1) is 11.5 Å². The minimum atomic E-state index is 0.647. The highest BCUT2D eigenvalue weighted by molar-refractivity contribution is 5.36. The van der Waals surface area contributed by atoms with Gasteiger partial charge in [-0.1, -0.05) is 38.7 Å². The molecule has 0 atom stereocenters. The van der Waals surface area contributed by atoms with E-state index < -0.39 is 0 Å². The fourth-order valence-corrected chi connectivity index (χ4v) is 1.13. The Kier molecular flexibility index (Phi) is 4.05. The summed E-state index contributed by atoms with van der Waals surface area (Å²) >= 11 is 0. The quantitative estimate of drug-likeness (QED) is 0.714. The number of hydrogen-bond donors (Lipinski definition) is 0. The van der Waals surface area contributed by atoms with Crippen molar-refractivity contribution >= 4 is 12.2 Å². The summed E-state index contributed by atoms with van der Waals surface area (Å²) in [4.78, 5) is 0. The third-order valence-electron chi connectivity index (χ3n) is 1.86. The van der Waals surface area contributed by atoms with E-state index in [9.17, 15) is 0 Å². The maximum atomic E-state index is 4.08. The van der Waals surface area contributed by atoms with Gasteiger partial charge in [0.2, 0.25) is 0 Å². The second-order valence-corrected chi connectivity index (χ2v) is 3.61. The van der Waals surface area contributed by atoms with Crippen LogP contribution in [0.3, 0.4) is 0 Å². The minimum absolute atomic E-state index is 0.647. The minimum Gasteiger partial charge on any atom is -0.159 e. The molecule has 0 saturated heterocycles. The molecule has 74 valence electrons. The zero-order chi connectivity index (χ0) is 10.4. The summed E-state index contributed by atoms with van der Waals surface area (Å²) in [6.45, 7) is 8.04. The molecule has 0 aliphatic carbocycles. The average Bonchev–Trinajstić information content (AvgIpc) is 2.17. The van der Waals surface area contributed by atoms with Crippen LogP contribution in [-0.2, 0) is 0 Å². The molecule has 0 spiro atoms. The SMILES string of the molecule is C=C/C=c1/ccnn/c1=C/CC(C)C. The number of nitrogens with zero attached hydrogens (tertiary/aromatic N) is 2. The smallest absolute Gasteiger partial charge is 0.0889 e. The molecule has 0 aliphatic heterocycles. The van der Waals surface area contributed by atoms with Crippen molar-refractivity contribution in [2.24, 2.45) is 5.92 Å². The molecule has 0 amide bonds. The van der Waals surface area contributed by atoms with Gasteiger partial charge in [0.15, 0.2) is 0 Å². The molecule has 0 bridgehead atoms. The van der Waals surface area contributed by atoms with Gasteiger partial charge in [0.1, 0.15) is 0 Å². The second kappa shape index (κ2) is 5.32. The van der Waals surface area contributed by atoms with Gasteiger partial charge in [-0.2, -0.15) is 10.2 Å². The molecule has 0 unspecified atom stereocenters. The van der Waals surface area contributed by atoms with Gasteiger partial charge in [0.25, 0.3) is 0 Å². The summed E-state index contributed by atoms with van der Waals surface area (Å²) in [6, 6.07) is 1.95. The maximum Gasteiger partial charge on any atom is 0.0889 e. The molecule has 0 aromatic carbocycles. The summed E-state index contributed by atoms with van der Waals surface area (Å²) in [5, 5.41) is 9.98. The Labute approximate surface area is 84.7 Å². The summed E-state index contributed by atoms with van der Waals surface area (Å²) < 4.78 is 0. The predicted molar refractivity (Wildman–Crippen MR) is 59.9 cm³/mol. The highest BCUT2D eigenvalue weighted by atomic mass is 15.1. The van der Waals surface area contributed by atoms with Crippen molar-refractivity contribution in [3.63, 3.8) is 0 Å². The van der Waals surface area contributed by atoms with Gasteiger partial charge >= 0.3 is 0 Å². The van der Waals surface area contributed by atoms with Crippen molar-refractivity contribution in [1.82, 2.24) is 10.2 Å². The number of allylic oxidation sites excluding steroid dienone is 1. The zero-order valence-corrected chi connectivity index (χ0v) is 8.77. The standard InChI is InChI=1S/C12H16N2/c1-4-5-11-8-9-13-14-12(11)7-6-10(2)3/h4-5,7-10H,1,6H2,2-3H3/b11-5-,12-7+. The van der Waals surface area contributed by atoms with E-state index in [1.54, 1.807) is 12.3 Å². The van der Waals surface area contributed by atoms with Gasteiger partial charge in [-0.3, -0.25) is 0 Å². The number of aromatic nitrogens is 2. The monoisotopic (exact) mass is 188 g/mol. The lowest BCUT2D eigenvalue weighted by atomic mass is 10.1. The van der Waals surface area contributed by atoms with Crippen LogP contribution >= 0.6 is 0 Å². The molecule has 0 N–H and O–H groups in total. The van der Waals surface area contributed by atoms with Crippen molar-refractivity contribution in [2.75, 3.05) is 0 Å². The summed E-state index contributed by atoms with van der Waals surface area (Å²) in [5.41, 5.74) is 0. The van der Waals surface area contributed by atoms with Crippen molar-refractivity contribution in [1.29, 1.82) is 0 Å². The van der Waals surface area contributed by atoms with Gasteiger partial charge in [-0.05, 0) is 18.4 Å². The van der Waals surface area contributed by atoms with Gasteiger partial charge in [0, 0.05) is 5.22 Å². The van der Waals surface area contributed by atoms with Crippen LogP contribution in [-0.4, -0.2) is 10.2 Å². The first-order chi connectivity index (χ1) is 6.74. The lowest BCUT2D eigenvalue weighted by Gasteiger charge is -1.96. The normalized spacial score (nSPS) is 13.6. The Morgan fingerprint density at radius 2 is 2.29 bits per heavy atom. The van der Waals surface area contributed by atoms with E-state index in [4.69, 9.17) is 0 Å². The Balaban J connectivity index is 3.13. The van der Waals surface area contributed by atoms with E-state index in [0.29, 0.717) is 5.92 Å². The first-order valence-corrected chi connectivity index (χ1v) is 4.84. The van der Waals surface area contributed by atoms with Crippen LogP contribution in [0.15, 0.2) is 24.9 Å². The average molecular weight is 188 g/mol. The highest BCUT2D eigenvalue weighted by Gasteiger charge is 1.90. The summed E-state index contributed by atoms with van der Waals surface area (Å²) in [5.74, 6) is 0.647. The molecule has 14 heavy (non-hydrogen) atoms. The third kappa shape index (κ3) is 3.13. The van der Waals surface area contributed by atoms with E-state index in [-0.39, 0.29) is 0 Å². The van der Waals surface area contributed by atoms with Crippen LogP contribution in [0.5, 0.6) is 0 Å². The van der Waals surface area contributed by atoms with E-state index >= 15 is 0 Å². The molecule has 0 radical (unpaired) electrons. The molecular formula is C12H16N2. The van der Waals surface area contributed by atoms with Crippen LogP contribution in [0, 0.1) is 5.92 Å². The van der Waals surface area contributed by atoms with Crippen molar-refractivity contribution in [3.05, 3.63) is 35.5 Å². The topological polar surface area (TPSA) is 25.8 Å². The van der Waals surface area contributed by atoms with E-state index in [2.05, 4.69) is 36.7 Å². The first-order valence-electron chi connectivity index (χ1n) is 4.84. The van der Waals surface area contributed by atoms with Crippen LogP contribution < -0.4 is 10.6 Å². The fraction of sp³-hybridized carbons (Fsp3) is 0.333. The van der Waals surface area contributed by atoms with Crippen LogP contribution in [0.1, 0.15) is 20.3 Å². The van der Waals surface area contributed by atoms with Crippen LogP contribution in [0.4, 0.5) is 0 Å². The van der Waals surface area contributed by atoms with Gasteiger partial charge < -0.3 is 0 Å². The number of rotatable bonds is 3. The molecular weight excluding hydrogens is 172 g/mol. The first kappa shape index (κ1) is 10.6. The third-order valence-corrected chi connectivity index (χ3v) is 1.86. The highest BCUT2D eigenvalue weighted by Crippen LogP contribution is 1.97. The van der Waals surface area contributed by atoms with Gasteiger partial charge in [-0.25, -0.2) is 0 Å². The maximum absolute atomic E-state index is 4.08. The predicted octanol–water partition coefficient (Wildman–Crippen LogP) is 1.27. The summed E-state index contributed by atoms with van der Waals surface area (Å²) in [7, 11) is 0. The zero-order valence-electron chi connectivity index (χ0n) is 8.77. The Hall–Kier alpha value is -1.44. The molecule has 1 heterocycles. The Morgan fingerprint density at radius 1 is 1.50 bits per heavy atom. The van der Waals surface area contributed by atoms with Crippen molar-refractivity contribution < 1.29 is 0 Å². The fourth-order valence-electron chi connectivity index (χ4n) is 1.13. The van der Waals surface area contributed by atoms with E-state index in [0.717, 1.165) is 17.0 Å². The van der Waals surface area contributed by atoms with Crippen molar-refractivity contribution in [3.8, 4) is 0 Å². The largest absolute Gasteiger partial charge is 0.159 e. The van der Waals surface area contributed by atoms with Crippen molar-refractivity contribution in [2.45, 2.75) is 20.3 Å². The molecule has 0 aliphatic rings. The summed E-state index contributed by atoms with van der Waals surface area (Å²) in [6.07, 6.45) is 8.55. The molecule has 1 rings (SSSR count). The lowest BCUT2D eigenvalue weighted by Crippen LogP contribution is -2.28. The van der Waals surface area contributed by atoms with Crippen LogP contribution in [0.2, 0.25) is 0 Å². The van der Waals surface area contributed by atoms with Gasteiger partial charge in [-0.15, -0.1) is 0 Å². The molecule has 1 aromatic rings. The number of hydrogen-bond acceptors (Lipinski definition) is 2. The molecule has 2 nitrogen and oxygen atoms in total.